The van der Waals surface area contributed by atoms with Gasteiger partial charge in [-0.1, -0.05) is 12.1 Å². The molecule has 0 radical (unpaired) electrons. The highest BCUT2D eigenvalue weighted by atomic mass is 32.1. The van der Waals surface area contributed by atoms with E-state index in [0.717, 1.165) is 10.4 Å². The molecule has 0 bridgehead atoms. The number of carbonyl (C=O) groups excluding carboxylic acids is 3. The van der Waals surface area contributed by atoms with Gasteiger partial charge in [-0.3, -0.25) is 9.59 Å². The minimum Gasteiger partial charge on any atom is -0.463 e. The fourth-order valence-corrected chi connectivity index (χ4v) is 2.83. The van der Waals surface area contributed by atoms with Gasteiger partial charge in [0.15, 0.2) is 0 Å². The van der Waals surface area contributed by atoms with Crippen molar-refractivity contribution in [1.29, 1.82) is 0 Å². The molecule has 0 atom stereocenters. The molecule has 7 heteroatoms. The second-order valence-corrected chi connectivity index (χ2v) is 6.64. The molecule has 1 aromatic carbocycles. The highest BCUT2D eigenvalue weighted by molar-refractivity contribution is 7.13. The molecule has 0 aliphatic rings. The summed E-state index contributed by atoms with van der Waals surface area (Å²) in [6.45, 7) is 3.88. The minimum atomic E-state index is -0.401. The molecule has 136 valence electrons. The number of aryl methyl sites for hydroxylation is 1. The van der Waals surface area contributed by atoms with Crippen molar-refractivity contribution in [2.75, 3.05) is 18.5 Å². The van der Waals surface area contributed by atoms with Gasteiger partial charge in [0.25, 0.3) is 5.91 Å². The fourth-order valence-electron chi connectivity index (χ4n) is 2.04. The molecule has 2 aromatic rings. The summed E-state index contributed by atoms with van der Waals surface area (Å²) in [5.74, 6) is -0.985. The minimum absolute atomic E-state index is 0.111. The first-order valence-electron chi connectivity index (χ1n) is 8.07. The smallest absolute Gasteiger partial charge is 0.330 e. The van der Waals surface area contributed by atoms with Gasteiger partial charge in [0, 0.05) is 16.6 Å². The van der Waals surface area contributed by atoms with Crippen LogP contribution >= 0.6 is 11.3 Å². The van der Waals surface area contributed by atoms with Gasteiger partial charge in [-0.25, -0.2) is 4.79 Å². The van der Waals surface area contributed by atoms with E-state index >= 15 is 0 Å². The summed E-state index contributed by atoms with van der Waals surface area (Å²) in [6.07, 6.45) is 2.98. The topological polar surface area (TPSA) is 84.5 Å². The predicted octanol–water partition coefficient (Wildman–Crippen LogP) is 3.00. The average Bonchev–Trinajstić information content (AvgIpc) is 3.06. The molecule has 0 aliphatic carbocycles. The van der Waals surface area contributed by atoms with E-state index in [1.54, 1.807) is 43.3 Å². The van der Waals surface area contributed by atoms with Crippen LogP contribution in [-0.2, 0) is 14.3 Å². The lowest BCUT2D eigenvalue weighted by molar-refractivity contribution is -0.137. The maximum Gasteiger partial charge on any atom is 0.330 e. The van der Waals surface area contributed by atoms with E-state index in [0.29, 0.717) is 17.2 Å². The molecule has 26 heavy (non-hydrogen) atoms. The van der Waals surface area contributed by atoms with Gasteiger partial charge in [0.1, 0.15) is 0 Å². The molecule has 0 fully saturated rings. The quantitative estimate of drug-likeness (QED) is 0.578. The SMILES string of the molecule is CCOC(=O)/C=C/c1ccc(NC(=O)CNC(=O)c2ccc(C)s2)cc1. The Hall–Kier alpha value is -2.93. The van der Waals surface area contributed by atoms with Crippen molar-refractivity contribution in [1.82, 2.24) is 5.32 Å². The molecule has 0 spiro atoms. The lowest BCUT2D eigenvalue weighted by Crippen LogP contribution is -2.32. The van der Waals surface area contributed by atoms with Crippen molar-refractivity contribution in [3.05, 3.63) is 57.8 Å². The number of thiophene rings is 1. The van der Waals surface area contributed by atoms with Gasteiger partial charge in [-0.15, -0.1) is 11.3 Å². The van der Waals surface area contributed by atoms with Crippen molar-refractivity contribution in [2.24, 2.45) is 0 Å². The number of amides is 2. The number of anilines is 1. The first-order valence-corrected chi connectivity index (χ1v) is 8.89. The fraction of sp³-hybridized carbons (Fsp3) is 0.211. The number of rotatable bonds is 7. The zero-order valence-electron chi connectivity index (χ0n) is 14.6. The van der Waals surface area contributed by atoms with E-state index in [1.807, 2.05) is 13.0 Å². The van der Waals surface area contributed by atoms with Crippen molar-refractivity contribution in [2.45, 2.75) is 13.8 Å². The highest BCUT2D eigenvalue weighted by Gasteiger charge is 2.10. The Bertz CT molecular complexity index is 809. The van der Waals surface area contributed by atoms with Gasteiger partial charge in [0.2, 0.25) is 5.91 Å². The van der Waals surface area contributed by atoms with E-state index in [9.17, 15) is 14.4 Å². The molecule has 1 heterocycles. The summed E-state index contributed by atoms with van der Waals surface area (Å²) < 4.78 is 4.80. The molecule has 0 saturated heterocycles. The molecular formula is C19H20N2O4S. The molecular weight excluding hydrogens is 352 g/mol. The summed E-state index contributed by atoms with van der Waals surface area (Å²) in [7, 11) is 0. The van der Waals surface area contributed by atoms with Gasteiger partial charge in [0.05, 0.1) is 18.0 Å². The Kier molecular flexibility index (Phi) is 7.11. The number of ether oxygens (including phenoxy) is 1. The molecule has 2 rings (SSSR count). The number of esters is 1. The summed E-state index contributed by atoms with van der Waals surface area (Å²) >= 11 is 1.38. The van der Waals surface area contributed by atoms with Crippen LogP contribution in [0.5, 0.6) is 0 Å². The molecule has 0 unspecified atom stereocenters. The van der Waals surface area contributed by atoms with E-state index in [-0.39, 0.29) is 18.4 Å². The third-order valence-corrected chi connectivity index (χ3v) is 4.27. The monoisotopic (exact) mass is 372 g/mol. The van der Waals surface area contributed by atoms with Crippen LogP contribution in [0.15, 0.2) is 42.5 Å². The number of hydrogen-bond acceptors (Lipinski definition) is 5. The van der Waals surface area contributed by atoms with E-state index in [1.165, 1.54) is 17.4 Å². The second-order valence-electron chi connectivity index (χ2n) is 5.35. The van der Waals surface area contributed by atoms with Crippen LogP contribution in [-0.4, -0.2) is 30.9 Å². The van der Waals surface area contributed by atoms with Crippen molar-refractivity contribution < 1.29 is 19.1 Å². The summed E-state index contributed by atoms with van der Waals surface area (Å²) in [4.78, 5) is 36.7. The number of benzene rings is 1. The zero-order chi connectivity index (χ0) is 18.9. The van der Waals surface area contributed by atoms with Crippen LogP contribution in [0.2, 0.25) is 0 Å². The van der Waals surface area contributed by atoms with Crippen LogP contribution in [0.4, 0.5) is 5.69 Å². The third kappa shape index (κ3) is 6.18. The van der Waals surface area contributed by atoms with Crippen molar-refractivity contribution in [3.63, 3.8) is 0 Å². The maximum absolute atomic E-state index is 11.9. The molecule has 2 amide bonds. The van der Waals surface area contributed by atoms with Crippen LogP contribution < -0.4 is 10.6 Å². The zero-order valence-corrected chi connectivity index (χ0v) is 15.4. The first kappa shape index (κ1) is 19.4. The first-order chi connectivity index (χ1) is 12.5. The van der Waals surface area contributed by atoms with Crippen LogP contribution in [0.3, 0.4) is 0 Å². The van der Waals surface area contributed by atoms with Crippen molar-refractivity contribution in [3.8, 4) is 0 Å². The van der Waals surface area contributed by atoms with Crippen LogP contribution in [0.1, 0.15) is 27.0 Å². The van der Waals surface area contributed by atoms with Gasteiger partial charge in [-0.05, 0) is 49.8 Å². The number of hydrogen-bond donors (Lipinski definition) is 2. The predicted molar refractivity (Wildman–Crippen MR) is 102 cm³/mol. The van der Waals surface area contributed by atoms with Crippen molar-refractivity contribution >= 4 is 40.9 Å². The Labute approximate surface area is 155 Å². The molecule has 0 aliphatic heterocycles. The Morgan fingerprint density at radius 1 is 1.12 bits per heavy atom. The van der Waals surface area contributed by atoms with Crippen LogP contribution in [0.25, 0.3) is 6.08 Å². The standard InChI is InChI=1S/C19H20N2O4S/c1-3-25-18(23)11-7-14-5-8-15(9-6-14)21-17(22)12-20-19(24)16-10-4-13(2)26-16/h4-11H,3,12H2,1-2H3,(H,20,24)(H,21,22)/b11-7+. The van der Waals surface area contributed by atoms with Crippen LogP contribution in [0, 0.1) is 6.92 Å². The Morgan fingerprint density at radius 2 is 1.85 bits per heavy atom. The molecule has 1 aromatic heterocycles. The number of nitrogens with one attached hydrogen (secondary N) is 2. The Morgan fingerprint density at radius 3 is 2.46 bits per heavy atom. The average molecular weight is 372 g/mol. The number of carbonyl (C=O) groups is 3. The molecule has 6 nitrogen and oxygen atoms in total. The van der Waals surface area contributed by atoms with E-state index < -0.39 is 5.97 Å². The Balaban J connectivity index is 1.81. The third-order valence-electron chi connectivity index (χ3n) is 3.27. The van der Waals surface area contributed by atoms with Gasteiger partial charge >= 0.3 is 5.97 Å². The van der Waals surface area contributed by atoms with Gasteiger partial charge in [-0.2, -0.15) is 0 Å². The lowest BCUT2D eigenvalue weighted by Gasteiger charge is -2.06. The normalized spacial score (nSPS) is 10.5. The lowest BCUT2D eigenvalue weighted by atomic mass is 10.2. The summed E-state index contributed by atoms with van der Waals surface area (Å²) in [5.41, 5.74) is 1.40. The molecule has 0 saturated carbocycles. The largest absolute Gasteiger partial charge is 0.463 e. The van der Waals surface area contributed by atoms with E-state index in [4.69, 9.17) is 4.74 Å². The highest BCUT2D eigenvalue weighted by Crippen LogP contribution is 2.14. The summed E-state index contributed by atoms with van der Waals surface area (Å²) in [6, 6.07) is 10.5. The molecule has 2 N–H and O–H groups in total. The second kappa shape index (κ2) is 9.53. The van der Waals surface area contributed by atoms with Gasteiger partial charge < -0.3 is 15.4 Å². The van der Waals surface area contributed by atoms with E-state index in [2.05, 4.69) is 10.6 Å². The maximum atomic E-state index is 11.9. The summed E-state index contributed by atoms with van der Waals surface area (Å²) in [5, 5.41) is 5.29.